The summed E-state index contributed by atoms with van der Waals surface area (Å²) in [5.74, 6) is 0.198. The van der Waals surface area contributed by atoms with E-state index in [1.165, 1.54) is 4.90 Å². The molecule has 0 radical (unpaired) electrons. The van der Waals surface area contributed by atoms with Crippen molar-refractivity contribution in [2.24, 2.45) is 5.92 Å². The molecule has 1 aromatic carbocycles. The lowest BCUT2D eigenvalue weighted by Crippen LogP contribution is -2.40. The molecule has 1 aliphatic heterocycles. The number of anilines is 1. The van der Waals surface area contributed by atoms with E-state index >= 15 is 0 Å². The smallest absolute Gasteiger partial charge is 0.251 e. The highest BCUT2D eigenvalue weighted by Gasteiger charge is 2.39. The first-order valence-corrected chi connectivity index (χ1v) is 7.77. The zero-order valence-corrected chi connectivity index (χ0v) is 12.9. The number of nitrogens with zero attached hydrogens (tertiary/aromatic N) is 1. The lowest BCUT2D eigenvalue weighted by atomic mass is 10.1. The summed E-state index contributed by atoms with van der Waals surface area (Å²) in [4.78, 5) is 29.2. The van der Waals surface area contributed by atoms with Gasteiger partial charge in [-0.2, -0.15) is 0 Å². The quantitative estimate of drug-likeness (QED) is 0.833. The Hall–Kier alpha value is -2.14. The number of benzene rings is 1. The number of rotatable bonds is 5. The number of aromatic amines is 1. The summed E-state index contributed by atoms with van der Waals surface area (Å²) < 4.78 is 0. The van der Waals surface area contributed by atoms with Gasteiger partial charge in [-0.05, 0) is 36.0 Å². The molecule has 2 N–H and O–H groups in total. The SMILES string of the molecule is CCC(C)CNC1CC(=O)N(c2ccc3cc[nH]c3c2)C1=O. The van der Waals surface area contributed by atoms with Crippen LogP contribution in [0.3, 0.4) is 0 Å². The molecule has 0 saturated carbocycles. The Kier molecular flexibility index (Phi) is 3.98. The van der Waals surface area contributed by atoms with E-state index in [1.54, 1.807) is 0 Å². The Morgan fingerprint density at radius 2 is 2.18 bits per heavy atom. The van der Waals surface area contributed by atoms with Gasteiger partial charge in [0.15, 0.2) is 0 Å². The van der Waals surface area contributed by atoms with Crippen molar-refractivity contribution in [1.29, 1.82) is 0 Å². The van der Waals surface area contributed by atoms with Gasteiger partial charge in [-0.25, -0.2) is 4.90 Å². The largest absolute Gasteiger partial charge is 0.361 e. The van der Waals surface area contributed by atoms with Crippen molar-refractivity contribution in [2.75, 3.05) is 11.4 Å². The third kappa shape index (κ3) is 2.64. The fraction of sp³-hybridized carbons (Fsp3) is 0.412. The number of carbonyl (C=O) groups is 2. The normalized spacial score (nSPS) is 20.1. The summed E-state index contributed by atoms with van der Waals surface area (Å²) in [6.07, 6.45) is 3.13. The van der Waals surface area contributed by atoms with Crippen LogP contribution in [-0.4, -0.2) is 29.4 Å². The second kappa shape index (κ2) is 5.93. The standard InChI is InChI=1S/C17H21N3O2/c1-3-11(2)10-19-15-9-16(21)20(17(15)22)13-5-4-12-6-7-18-14(12)8-13/h4-8,11,15,18-19H,3,9-10H2,1-2H3. The minimum Gasteiger partial charge on any atom is -0.361 e. The summed E-state index contributed by atoms with van der Waals surface area (Å²) in [6.45, 7) is 5.00. The van der Waals surface area contributed by atoms with Gasteiger partial charge in [0, 0.05) is 11.7 Å². The van der Waals surface area contributed by atoms with E-state index in [1.807, 2.05) is 30.5 Å². The Bertz CT molecular complexity index is 707. The number of aromatic nitrogens is 1. The maximum atomic E-state index is 12.5. The predicted molar refractivity (Wildman–Crippen MR) is 86.7 cm³/mol. The van der Waals surface area contributed by atoms with Crippen LogP contribution in [0, 0.1) is 5.92 Å². The van der Waals surface area contributed by atoms with E-state index < -0.39 is 6.04 Å². The molecule has 2 atom stereocenters. The molecular weight excluding hydrogens is 278 g/mol. The zero-order chi connectivity index (χ0) is 15.7. The van der Waals surface area contributed by atoms with Crippen molar-refractivity contribution in [3.05, 3.63) is 30.5 Å². The highest BCUT2D eigenvalue weighted by Crippen LogP contribution is 2.26. The summed E-state index contributed by atoms with van der Waals surface area (Å²) in [5.41, 5.74) is 1.56. The Labute approximate surface area is 129 Å². The molecule has 0 bridgehead atoms. The highest BCUT2D eigenvalue weighted by atomic mass is 16.2. The average Bonchev–Trinajstić information content (AvgIpc) is 3.08. The monoisotopic (exact) mass is 299 g/mol. The number of nitrogens with one attached hydrogen (secondary N) is 2. The Morgan fingerprint density at radius 1 is 1.36 bits per heavy atom. The van der Waals surface area contributed by atoms with Crippen LogP contribution in [0.25, 0.3) is 10.9 Å². The number of hydrogen-bond donors (Lipinski definition) is 2. The van der Waals surface area contributed by atoms with Crippen LogP contribution < -0.4 is 10.2 Å². The molecule has 1 aromatic heterocycles. The van der Waals surface area contributed by atoms with E-state index in [-0.39, 0.29) is 18.2 Å². The first-order valence-electron chi connectivity index (χ1n) is 7.77. The van der Waals surface area contributed by atoms with Crippen molar-refractivity contribution in [2.45, 2.75) is 32.7 Å². The molecule has 2 unspecified atom stereocenters. The lowest BCUT2D eigenvalue weighted by Gasteiger charge is -2.17. The van der Waals surface area contributed by atoms with Crippen molar-refractivity contribution in [3.63, 3.8) is 0 Å². The molecule has 1 saturated heterocycles. The summed E-state index contributed by atoms with van der Waals surface area (Å²) in [6, 6.07) is 7.15. The van der Waals surface area contributed by atoms with Crippen LogP contribution in [0.1, 0.15) is 26.7 Å². The Balaban J connectivity index is 1.78. The Morgan fingerprint density at radius 3 is 2.95 bits per heavy atom. The molecule has 2 heterocycles. The van der Waals surface area contributed by atoms with Gasteiger partial charge in [-0.15, -0.1) is 0 Å². The first-order chi connectivity index (χ1) is 10.6. The molecule has 2 aromatic rings. The fourth-order valence-corrected chi connectivity index (χ4v) is 2.73. The number of amides is 2. The molecule has 1 aliphatic rings. The number of H-pyrrole nitrogens is 1. The van der Waals surface area contributed by atoms with Gasteiger partial charge in [0.2, 0.25) is 5.91 Å². The lowest BCUT2D eigenvalue weighted by molar-refractivity contribution is -0.121. The fourth-order valence-electron chi connectivity index (χ4n) is 2.73. The number of imide groups is 1. The molecule has 3 rings (SSSR count). The molecule has 116 valence electrons. The second-order valence-electron chi connectivity index (χ2n) is 5.99. The van der Waals surface area contributed by atoms with Gasteiger partial charge in [-0.1, -0.05) is 26.3 Å². The van der Waals surface area contributed by atoms with E-state index in [0.717, 1.165) is 23.9 Å². The van der Waals surface area contributed by atoms with Crippen LogP contribution in [0.15, 0.2) is 30.5 Å². The van der Waals surface area contributed by atoms with Gasteiger partial charge in [0.1, 0.15) is 0 Å². The number of fused-ring (bicyclic) bond motifs is 1. The molecule has 22 heavy (non-hydrogen) atoms. The van der Waals surface area contributed by atoms with Crippen LogP contribution >= 0.6 is 0 Å². The van der Waals surface area contributed by atoms with Gasteiger partial charge < -0.3 is 10.3 Å². The number of carbonyl (C=O) groups excluding carboxylic acids is 2. The van der Waals surface area contributed by atoms with E-state index in [9.17, 15) is 9.59 Å². The van der Waals surface area contributed by atoms with Crippen LogP contribution in [0.4, 0.5) is 5.69 Å². The molecular formula is C17H21N3O2. The third-order valence-corrected chi connectivity index (χ3v) is 4.35. The molecule has 2 amide bonds. The van der Waals surface area contributed by atoms with Crippen molar-refractivity contribution in [3.8, 4) is 0 Å². The summed E-state index contributed by atoms with van der Waals surface area (Å²) in [5, 5.41) is 4.29. The van der Waals surface area contributed by atoms with E-state index in [2.05, 4.69) is 24.1 Å². The van der Waals surface area contributed by atoms with Crippen molar-refractivity contribution >= 4 is 28.4 Å². The van der Waals surface area contributed by atoms with Gasteiger partial charge in [0.25, 0.3) is 5.91 Å². The van der Waals surface area contributed by atoms with Crippen molar-refractivity contribution < 1.29 is 9.59 Å². The van der Waals surface area contributed by atoms with Crippen LogP contribution in [-0.2, 0) is 9.59 Å². The van der Waals surface area contributed by atoms with Gasteiger partial charge in [-0.3, -0.25) is 9.59 Å². The molecule has 0 spiro atoms. The number of hydrogen-bond acceptors (Lipinski definition) is 3. The predicted octanol–water partition coefficient (Wildman–Crippen LogP) is 2.44. The molecule has 0 aliphatic carbocycles. The zero-order valence-electron chi connectivity index (χ0n) is 12.9. The molecule has 5 nitrogen and oxygen atoms in total. The van der Waals surface area contributed by atoms with Gasteiger partial charge >= 0.3 is 0 Å². The minimum atomic E-state index is -0.402. The van der Waals surface area contributed by atoms with E-state index in [0.29, 0.717) is 11.6 Å². The topological polar surface area (TPSA) is 65.2 Å². The molecule has 1 fully saturated rings. The maximum absolute atomic E-state index is 12.5. The highest BCUT2D eigenvalue weighted by molar-refractivity contribution is 6.22. The van der Waals surface area contributed by atoms with Gasteiger partial charge in [0.05, 0.1) is 18.2 Å². The van der Waals surface area contributed by atoms with Crippen LogP contribution in [0.2, 0.25) is 0 Å². The molecule has 5 heteroatoms. The summed E-state index contributed by atoms with van der Waals surface area (Å²) >= 11 is 0. The second-order valence-corrected chi connectivity index (χ2v) is 5.99. The minimum absolute atomic E-state index is 0.141. The third-order valence-electron chi connectivity index (χ3n) is 4.35. The summed E-state index contributed by atoms with van der Waals surface area (Å²) in [7, 11) is 0. The average molecular weight is 299 g/mol. The van der Waals surface area contributed by atoms with Crippen molar-refractivity contribution in [1.82, 2.24) is 10.3 Å². The van der Waals surface area contributed by atoms with Crippen LogP contribution in [0.5, 0.6) is 0 Å². The maximum Gasteiger partial charge on any atom is 0.251 e. The van der Waals surface area contributed by atoms with E-state index in [4.69, 9.17) is 0 Å². The first kappa shape index (κ1) is 14.8.